The van der Waals surface area contributed by atoms with Crippen LogP contribution in [0.5, 0.6) is 0 Å². The molecule has 57 heavy (non-hydrogen) atoms. The predicted octanol–water partition coefficient (Wildman–Crippen LogP) is 12.8. The van der Waals surface area contributed by atoms with Crippen LogP contribution >= 0.6 is 7.82 Å². The lowest BCUT2D eigenvalue weighted by Crippen LogP contribution is -2.45. The number of allylic oxidation sites excluding steroid dienone is 5. The van der Waals surface area contributed by atoms with E-state index in [1.54, 1.807) is 6.08 Å². The number of carbonyl (C=O) groups is 1. The van der Waals surface area contributed by atoms with Crippen molar-refractivity contribution in [3.8, 4) is 0 Å². The third kappa shape index (κ3) is 42.6. The molecule has 3 atom stereocenters. The summed E-state index contributed by atoms with van der Waals surface area (Å²) in [7, 11) is 1.24. The number of aliphatic hydroxyl groups is 1. The molecule has 0 heterocycles. The molecule has 336 valence electrons. The summed E-state index contributed by atoms with van der Waals surface area (Å²) in [4.78, 5) is 25.1. The Labute approximate surface area is 353 Å². The van der Waals surface area contributed by atoms with Crippen molar-refractivity contribution in [2.24, 2.45) is 0 Å². The molecule has 2 N–H and O–H groups in total. The minimum absolute atomic E-state index is 0.00831. The lowest BCUT2D eigenvalue weighted by molar-refractivity contribution is -0.870. The van der Waals surface area contributed by atoms with E-state index in [1.807, 2.05) is 27.2 Å². The number of rotatable bonds is 43. The van der Waals surface area contributed by atoms with Gasteiger partial charge in [0.25, 0.3) is 7.82 Å². The zero-order chi connectivity index (χ0) is 42.1. The highest BCUT2D eigenvalue weighted by molar-refractivity contribution is 7.45. The average molecular weight is 825 g/mol. The van der Waals surface area contributed by atoms with Crippen LogP contribution in [0.15, 0.2) is 36.5 Å². The number of unbranched alkanes of at least 4 members (excludes halogenated alkanes) is 26. The summed E-state index contributed by atoms with van der Waals surface area (Å²) in [6.45, 7) is 4.58. The van der Waals surface area contributed by atoms with Gasteiger partial charge < -0.3 is 28.8 Å². The second-order valence-electron chi connectivity index (χ2n) is 17.5. The standard InChI is InChI=1S/C48H93N2O6P/c1-6-8-10-12-14-16-17-18-19-20-21-22-23-24-25-26-27-28-29-30-31-32-33-34-35-37-39-41-47(51)46(45-56-57(53,54)55-44-43-50(3,4)5)49-48(52)42-40-38-36-15-13-11-9-7-2/h29-30,33-34,39,41,46-47,51H,6-28,31-32,35-38,40,42-45H2,1-5H3,(H-,49,52,53,54)/b30-29+,34-33+,41-39+. The highest BCUT2D eigenvalue weighted by Gasteiger charge is 2.23. The van der Waals surface area contributed by atoms with E-state index in [0.29, 0.717) is 17.4 Å². The highest BCUT2D eigenvalue weighted by atomic mass is 31.2. The van der Waals surface area contributed by atoms with Gasteiger partial charge in [0.15, 0.2) is 0 Å². The van der Waals surface area contributed by atoms with Crippen molar-refractivity contribution in [2.75, 3.05) is 40.9 Å². The van der Waals surface area contributed by atoms with Gasteiger partial charge in [-0.15, -0.1) is 0 Å². The lowest BCUT2D eigenvalue weighted by Gasteiger charge is -2.29. The largest absolute Gasteiger partial charge is 0.756 e. The molecule has 0 radical (unpaired) electrons. The van der Waals surface area contributed by atoms with E-state index in [-0.39, 0.29) is 12.5 Å². The molecule has 0 rings (SSSR count). The summed E-state index contributed by atoms with van der Waals surface area (Å²) in [5, 5.41) is 13.7. The van der Waals surface area contributed by atoms with Gasteiger partial charge >= 0.3 is 0 Å². The molecular weight excluding hydrogens is 732 g/mol. The fourth-order valence-corrected chi connectivity index (χ4v) is 7.50. The Morgan fingerprint density at radius 2 is 0.982 bits per heavy atom. The molecule has 0 bridgehead atoms. The number of nitrogens with one attached hydrogen (secondary N) is 1. The Morgan fingerprint density at radius 1 is 0.596 bits per heavy atom. The van der Waals surface area contributed by atoms with Crippen molar-refractivity contribution in [1.82, 2.24) is 5.32 Å². The Hall–Kier alpha value is -1.28. The number of phosphoric ester groups is 1. The third-order valence-corrected chi connectivity index (χ3v) is 11.5. The quantitative estimate of drug-likeness (QED) is 0.0274. The van der Waals surface area contributed by atoms with Crippen LogP contribution in [0.4, 0.5) is 0 Å². The summed E-state index contributed by atoms with van der Waals surface area (Å²) in [6.07, 6.45) is 49.5. The molecule has 0 aromatic rings. The highest BCUT2D eigenvalue weighted by Crippen LogP contribution is 2.38. The molecule has 0 aromatic heterocycles. The normalized spacial score (nSPS) is 14.6. The van der Waals surface area contributed by atoms with Gasteiger partial charge in [-0.3, -0.25) is 9.36 Å². The van der Waals surface area contributed by atoms with Crippen LogP contribution in [-0.2, 0) is 18.4 Å². The van der Waals surface area contributed by atoms with Gasteiger partial charge in [0, 0.05) is 6.42 Å². The van der Waals surface area contributed by atoms with Crippen LogP contribution < -0.4 is 10.2 Å². The molecule has 9 heteroatoms. The summed E-state index contributed by atoms with van der Waals surface area (Å²) in [5.41, 5.74) is 0. The monoisotopic (exact) mass is 825 g/mol. The lowest BCUT2D eigenvalue weighted by atomic mass is 10.0. The maximum absolute atomic E-state index is 12.7. The summed E-state index contributed by atoms with van der Waals surface area (Å²) in [6, 6.07) is -0.904. The summed E-state index contributed by atoms with van der Waals surface area (Å²) in [5.74, 6) is -0.217. The second-order valence-corrected chi connectivity index (χ2v) is 18.9. The number of quaternary nitrogens is 1. The number of amides is 1. The van der Waals surface area contributed by atoms with Gasteiger partial charge in [0.05, 0.1) is 39.9 Å². The van der Waals surface area contributed by atoms with Gasteiger partial charge in [-0.25, -0.2) is 0 Å². The molecule has 3 unspecified atom stereocenters. The minimum atomic E-state index is -4.59. The third-order valence-electron chi connectivity index (χ3n) is 10.6. The summed E-state index contributed by atoms with van der Waals surface area (Å²) >= 11 is 0. The Balaban J connectivity index is 4.22. The molecule has 8 nitrogen and oxygen atoms in total. The van der Waals surface area contributed by atoms with Crippen molar-refractivity contribution in [3.05, 3.63) is 36.5 Å². The molecule has 0 fully saturated rings. The van der Waals surface area contributed by atoms with Crippen molar-refractivity contribution >= 4 is 13.7 Å². The van der Waals surface area contributed by atoms with Crippen LogP contribution in [0, 0.1) is 0 Å². The van der Waals surface area contributed by atoms with Crippen LogP contribution in [-0.4, -0.2) is 68.5 Å². The number of hydrogen-bond donors (Lipinski definition) is 2. The number of nitrogens with zero attached hydrogens (tertiary/aromatic N) is 1. The smallest absolute Gasteiger partial charge is 0.268 e. The molecule has 1 amide bonds. The van der Waals surface area contributed by atoms with E-state index in [9.17, 15) is 19.4 Å². The van der Waals surface area contributed by atoms with Gasteiger partial charge in [0.1, 0.15) is 13.2 Å². The molecule has 0 aliphatic carbocycles. The number of carbonyl (C=O) groups excluding carboxylic acids is 1. The first-order chi connectivity index (χ1) is 27.5. The van der Waals surface area contributed by atoms with E-state index in [0.717, 1.165) is 44.9 Å². The first kappa shape index (κ1) is 55.7. The average Bonchev–Trinajstić information content (AvgIpc) is 3.16. The first-order valence-corrected chi connectivity index (χ1v) is 25.3. The second kappa shape index (κ2) is 40.1. The zero-order valence-electron chi connectivity index (χ0n) is 38.0. The molecule has 0 aromatic carbocycles. The first-order valence-electron chi connectivity index (χ1n) is 23.9. The SMILES string of the molecule is CCCCCCCCCCCCCCCCCCC/C=C/CC/C=C/CC/C=C/C(O)C(COP(=O)([O-])OCC[N+](C)(C)C)NC(=O)CCCCCCCCCC. The van der Waals surface area contributed by atoms with Crippen LogP contribution in [0.3, 0.4) is 0 Å². The van der Waals surface area contributed by atoms with Gasteiger partial charge in [-0.2, -0.15) is 0 Å². The van der Waals surface area contributed by atoms with Crippen molar-refractivity contribution in [2.45, 2.75) is 225 Å². The topological polar surface area (TPSA) is 108 Å². The van der Waals surface area contributed by atoms with E-state index >= 15 is 0 Å². The molecule has 0 saturated carbocycles. The van der Waals surface area contributed by atoms with Crippen LogP contribution in [0.1, 0.15) is 213 Å². The Morgan fingerprint density at radius 3 is 1.42 bits per heavy atom. The molecular formula is C48H93N2O6P. The molecule has 0 aliphatic heterocycles. The van der Waals surface area contributed by atoms with Gasteiger partial charge in [-0.1, -0.05) is 198 Å². The number of hydrogen-bond acceptors (Lipinski definition) is 6. The summed E-state index contributed by atoms with van der Waals surface area (Å²) < 4.78 is 23.1. The van der Waals surface area contributed by atoms with E-state index in [1.165, 1.54) is 148 Å². The van der Waals surface area contributed by atoms with Crippen molar-refractivity contribution in [1.29, 1.82) is 0 Å². The minimum Gasteiger partial charge on any atom is -0.756 e. The van der Waals surface area contributed by atoms with Gasteiger partial charge in [-0.05, 0) is 44.9 Å². The maximum Gasteiger partial charge on any atom is 0.268 e. The number of aliphatic hydroxyl groups excluding tert-OH is 1. The van der Waals surface area contributed by atoms with E-state index in [4.69, 9.17) is 9.05 Å². The fourth-order valence-electron chi connectivity index (χ4n) is 6.77. The number of likely N-dealkylation sites (N-methyl/N-ethyl adjacent to an activating group) is 1. The van der Waals surface area contributed by atoms with Crippen LogP contribution in [0.25, 0.3) is 0 Å². The molecule has 0 saturated heterocycles. The Bertz CT molecular complexity index is 1030. The number of phosphoric acid groups is 1. The Kier molecular flexibility index (Phi) is 39.2. The van der Waals surface area contributed by atoms with E-state index in [2.05, 4.69) is 43.5 Å². The zero-order valence-corrected chi connectivity index (χ0v) is 38.9. The van der Waals surface area contributed by atoms with Crippen molar-refractivity contribution in [3.63, 3.8) is 0 Å². The fraction of sp³-hybridized carbons (Fsp3) is 0.854. The maximum atomic E-state index is 12.7. The van der Waals surface area contributed by atoms with Crippen LogP contribution in [0.2, 0.25) is 0 Å². The van der Waals surface area contributed by atoms with Crippen molar-refractivity contribution < 1.29 is 32.9 Å². The molecule has 0 spiro atoms. The predicted molar refractivity (Wildman–Crippen MR) is 242 cm³/mol. The molecule has 0 aliphatic rings. The van der Waals surface area contributed by atoms with Gasteiger partial charge in [0.2, 0.25) is 5.91 Å². The van der Waals surface area contributed by atoms with E-state index < -0.39 is 26.6 Å².